The van der Waals surface area contributed by atoms with Crippen molar-refractivity contribution in [3.8, 4) is 12.3 Å². The van der Waals surface area contributed by atoms with E-state index in [2.05, 4.69) is 11.2 Å². The monoisotopic (exact) mass is 194 g/mol. The number of amides is 1. The van der Waals surface area contributed by atoms with E-state index in [1.165, 1.54) is 0 Å². The van der Waals surface area contributed by atoms with Crippen molar-refractivity contribution in [2.24, 2.45) is 5.73 Å². The Labute approximate surface area is 85.4 Å². The summed E-state index contributed by atoms with van der Waals surface area (Å²) in [5, 5.41) is 2.84. The fourth-order valence-corrected chi connectivity index (χ4v) is 1.68. The predicted octanol–water partition coefficient (Wildman–Crippen LogP) is 0.786. The van der Waals surface area contributed by atoms with Crippen molar-refractivity contribution in [3.63, 3.8) is 0 Å². The van der Waals surface area contributed by atoms with Gasteiger partial charge in [0.25, 0.3) is 0 Å². The van der Waals surface area contributed by atoms with Crippen LogP contribution in [0.5, 0.6) is 0 Å². The van der Waals surface area contributed by atoms with Crippen molar-refractivity contribution in [1.29, 1.82) is 0 Å². The SMILES string of the molecule is C#CCC(C)NC(=O)CC1(N)CCC1. The lowest BCUT2D eigenvalue weighted by Crippen LogP contribution is -2.50. The largest absolute Gasteiger partial charge is 0.353 e. The summed E-state index contributed by atoms with van der Waals surface area (Å²) in [4.78, 5) is 11.5. The third kappa shape index (κ3) is 3.04. The van der Waals surface area contributed by atoms with E-state index in [0.29, 0.717) is 12.8 Å². The molecule has 1 amide bonds. The van der Waals surface area contributed by atoms with E-state index in [1.807, 2.05) is 6.92 Å². The molecule has 1 atom stereocenters. The van der Waals surface area contributed by atoms with Gasteiger partial charge in [0.05, 0.1) is 0 Å². The smallest absolute Gasteiger partial charge is 0.222 e. The number of terminal acetylenes is 1. The van der Waals surface area contributed by atoms with Crippen molar-refractivity contribution >= 4 is 5.91 Å². The zero-order chi connectivity index (χ0) is 10.6. The van der Waals surface area contributed by atoms with E-state index in [9.17, 15) is 4.79 Å². The molecule has 0 spiro atoms. The summed E-state index contributed by atoms with van der Waals surface area (Å²) in [6.45, 7) is 1.90. The molecular formula is C11H18N2O. The Morgan fingerprint density at radius 2 is 2.36 bits per heavy atom. The molecule has 1 aliphatic carbocycles. The van der Waals surface area contributed by atoms with Gasteiger partial charge in [-0.1, -0.05) is 0 Å². The maximum atomic E-state index is 11.5. The summed E-state index contributed by atoms with van der Waals surface area (Å²) in [5.74, 6) is 2.54. The molecule has 1 rings (SSSR count). The van der Waals surface area contributed by atoms with Gasteiger partial charge in [-0.15, -0.1) is 12.3 Å². The molecule has 3 nitrogen and oxygen atoms in total. The number of rotatable bonds is 4. The molecule has 1 aliphatic rings. The van der Waals surface area contributed by atoms with Crippen LogP contribution in [0.1, 0.15) is 39.0 Å². The van der Waals surface area contributed by atoms with E-state index in [0.717, 1.165) is 19.3 Å². The second-order valence-corrected chi connectivity index (χ2v) is 4.27. The first kappa shape index (κ1) is 11.1. The van der Waals surface area contributed by atoms with Gasteiger partial charge in [-0.3, -0.25) is 4.79 Å². The Hall–Kier alpha value is -1.01. The Balaban J connectivity index is 2.25. The van der Waals surface area contributed by atoms with Gasteiger partial charge in [0.15, 0.2) is 0 Å². The summed E-state index contributed by atoms with van der Waals surface area (Å²) >= 11 is 0. The molecule has 3 heteroatoms. The standard InChI is InChI=1S/C11H18N2O/c1-3-5-9(2)13-10(14)8-11(12)6-4-7-11/h1,9H,4-8,12H2,2H3,(H,13,14). The molecule has 0 heterocycles. The highest BCUT2D eigenvalue weighted by molar-refractivity contribution is 5.77. The summed E-state index contributed by atoms with van der Waals surface area (Å²) in [5.41, 5.74) is 5.72. The summed E-state index contributed by atoms with van der Waals surface area (Å²) in [6.07, 6.45) is 9.22. The van der Waals surface area contributed by atoms with E-state index in [4.69, 9.17) is 12.2 Å². The van der Waals surface area contributed by atoms with Crippen LogP contribution in [0.4, 0.5) is 0 Å². The van der Waals surface area contributed by atoms with Crippen LogP contribution in [0.2, 0.25) is 0 Å². The minimum atomic E-state index is -0.236. The van der Waals surface area contributed by atoms with Gasteiger partial charge >= 0.3 is 0 Å². The molecule has 14 heavy (non-hydrogen) atoms. The van der Waals surface area contributed by atoms with Gasteiger partial charge in [0.1, 0.15) is 0 Å². The first-order valence-corrected chi connectivity index (χ1v) is 5.07. The first-order valence-electron chi connectivity index (χ1n) is 5.07. The average molecular weight is 194 g/mol. The second kappa shape index (κ2) is 4.47. The molecule has 0 radical (unpaired) electrons. The van der Waals surface area contributed by atoms with E-state index < -0.39 is 0 Å². The Morgan fingerprint density at radius 3 is 2.79 bits per heavy atom. The molecule has 1 fully saturated rings. The van der Waals surface area contributed by atoms with Crippen LogP contribution in [0, 0.1) is 12.3 Å². The van der Waals surface area contributed by atoms with Crippen LogP contribution in [0.25, 0.3) is 0 Å². The van der Waals surface area contributed by atoms with Crippen LogP contribution in [-0.2, 0) is 4.79 Å². The Kier molecular flexibility index (Phi) is 3.54. The van der Waals surface area contributed by atoms with Crippen LogP contribution >= 0.6 is 0 Å². The molecule has 3 N–H and O–H groups in total. The molecule has 0 saturated heterocycles. The van der Waals surface area contributed by atoms with Gasteiger partial charge in [0, 0.05) is 24.4 Å². The minimum Gasteiger partial charge on any atom is -0.353 e. The topological polar surface area (TPSA) is 55.1 Å². The molecule has 1 saturated carbocycles. The van der Waals surface area contributed by atoms with Gasteiger partial charge in [-0.05, 0) is 26.2 Å². The lowest BCUT2D eigenvalue weighted by atomic mass is 9.75. The third-order valence-corrected chi connectivity index (χ3v) is 2.69. The van der Waals surface area contributed by atoms with Gasteiger partial charge < -0.3 is 11.1 Å². The minimum absolute atomic E-state index is 0.0231. The van der Waals surface area contributed by atoms with E-state index >= 15 is 0 Å². The fourth-order valence-electron chi connectivity index (χ4n) is 1.68. The maximum absolute atomic E-state index is 11.5. The van der Waals surface area contributed by atoms with Crippen LogP contribution < -0.4 is 11.1 Å². The number of hydrogen-bond donors (Lipinski definition) is 2. The van der Waals surface area contributed by atoms with Gasteiger partial charge in [0.2, 0.25) is 5.91 Å². The average Bonchev–Trinajstić information content (AvgIpc) is 2.01. The Bertz CT molecular complexity index is 251. The van der Waals surface area contributed by atoms with Crippen molar-refractivity contribution in [2.45, 2.75) is 50.6 Å². The Morgan fingerprint density at radius 1 is 1.71 bits per heavy atom. The molecule has 0 aromatic heterocycles. The third-order valence-electron chi connectivity index (χ3n) is 2.69. The number of carbonyl (C=O) groups is 1. The summed E-state index contributed by atoms with van der Waals surface area (Å²) in [7, 11) is 0. The van der Waals surface area contributed by atoms with Crippen molar-refractivity contribution in [1.82, 2.24) is 5.32 Å². The predicted molar refractivity (Wildman–Crippen MR) is 56.4 cm³/mol. The molecule has 78 valence electrons. The normalized spacial score (nSPS) is 20.4. The lowest BCUT2D eigenvalue weighted by Gasteiger charge is -2.37. The van der Waals surface area contributed by atoms with Crippen LogP contribution in [0.15, 0.2) is 0 Å². The van der Waals surface area contributed by atoms with Crippen molar-refractivity contribution in [3.05, 3.63) is 0 Å². The van der Waals surface area contributed by atoms with Crippen LogP contribution in [-0.4, -0.2) is 17.5 Å². The molecule has 0 bridgehead atoms. The molecule has 0 aliphatic heterocycles. The summed E-state index contributed by atoms with van der Waals surface area (Å²) in [6, 6.07) is 0.0520. The number of nitrogens with one attached hydrogen (secondary N) is 1. The van der Waals surface area contributed by atoms with E-state index in [-0.39, 0.29) is 17.5 Å². The van der Waals surface area contributed by atoms with Crippen molar-refractivity contribution in [2.75, 3.05) is 0 Å². The highest BCUT2D eigenvalue weighted by Crippen LogP contribution is 2.31. The molecular weight excluding hydrogens is 176 g/mol. The highest BCUT2D eigenvalue weighted by atomic mass is 16.1. The zero-order valence-electron chi connectivity index (χ0n) is 8.68. The van der Waals surface area contributed by atoms with Crippen LogP contribution in [0.3, 0.4) is 0 Å². The molecule has 1 unspecified atom stereocenters. The lowest BCUT2D eigenvalue weighted by molar-refractivity contribution is -0.123. The first-order chi connectivity index (χ1) is 6.56. The maximum Gasteiger partial charge on any atom is 0.222 e. The zero-order valence-corrected chi connectivity index (χ0v) is 8.68. The number of carbonyl (C=O) groups excluding carboxylic acids is 1. The van der Waals surface area contributed by atoms with E-state index in [1.54, 1.807) is 0 Å². The number of hydrogen-bond acceptors (Lipinski definition) is 2. The quantitative estimate of drug-likeness (QED) is 0.650. The van der Waals surface area contributed by atoms with Gasteiger partial charge in [-0.25, -0.2) is 0 Å². The molecule has 0 aromatic carbocycles. The fraction of sp³-hybridized carbons (Fsp3) is 0.727. The highest BCUT2D eigenvalue weighted by Gasteiger charge is 2.34. The number of nitrogens with two attached hydrogens (primary N) is 1. The summed E-state index contributed by atoms with van der Waals surface area (Å²) < 4.78 is 0. The molecule has 0 aromatic rings. The second-order valence-electron chi connectivity index (χ2n) is 4.27. The van der Waals surface area contributed by atoms with Crippen molar-refractivity contribution < 1.29 is 4.79 Å². The van der Waals surface area contributed by atoms with Gasteiger partial charge in [-0.2, -0.15) is 0 Å².